The van der Waals surface area contributed by atoms with Crippen molar-refractivity contribution >= 4 is 29.3 Å². The molecule has 0 saturated carbocycles. The molecule has 0 bridgehead atoms. The summed E-state index contributed by atoms with van der Waals surface area (Å²) in [6.45, 7) is 2.41. The average molecular weight is 374 g/mol. The first-order valence-corrected chi connectivity index (χ1v) is 7.40. The number of halogens is 5. The third kappa shape index (κ3) is 4.97. The molecule has 130 valence electrons. The first-order valence-electron chi connectivity index (χ1n) is 6.64. The van der Waals surface area contributed by atoms with Gasteiger partial charge in [-0.05, 0) is 48.9 Å². The Morgan fingerprint density at radius 3 is 2.48 bits per heavy atom. The first kappa shape index (κ1) is 20.0. The number of hydrogen-bond donors (Lipinski definition) is 2. The predicted molar refractivity (Wildman–Crippen MR) is 80.1 cm³/mol. The Bertz CT molecular complexity index is 565. The van der Waals surface area contributed by atoms with Crippen molar-refractivity contribution in [1.82, 2.24) is 4.84 Å². The topological polar surface area (TPSA) is 58.6 Å². The van der Waals surface area contributed by atoms with Gasteiger partial charge < -0.3 is 9.84 Å². The fourth-order valence-electron chi connectivity index (χ4n) is 1.86. The highest BCUT2D eigenvalue weighted by molar-refractivity contribution is 6.30. The molecule has 1 aromatic rings. The standard InChI is InChI=1S/C14H16Cl2F3NO3/c1-3-23-12(21)7-11(20-16)8-4-9(6-10(15)5-8)13(2,22)14(17,18)19/h4-6,11,20,22H,3,7H2,1-2H3/t11-,13?/m0/s1. The lowest BCUT2D eigenvalue weighted by Gasteiger charge is -2.28. The molecule has 2 N–H and O–H groups in total. The van der Waals surface area contributed by atoms with Gasteiger partial charge in [-0.15, -0.1) is 0 Å². The Balaban J connectivity index is 3.20. The van der Waals surface area contributed by atoms with Crippen molar-refractivity contribution in [1.29, 1.82) is 0 Å². The zero-order valence-electron chi connectivity index (χ0n) is 12.4. The summed E-state index contributed by atoms with van der Waals surface area (Å²) in [5.74, 6) is -0.574. The van der Waals surface area contributed by atoms with E-state index < -0.39 is 29.4 Å². The molecule has 9 heteroatoms. The summed E-state index contributed by atoms with van der Waals surface area (Å²) in [5.41, 5.74) is -3.32. The minimum atomic E-state index is -4.89. The van der Waals surface area contributed by atoms with Crippen LogP contribution in [-0.4, -0.2) is 23.9 Å². The molecule has 0 aliphatic carbocycles. The van der Waals surface area contributed by atoms with Crippen LogP contribution in [-0.2, 0) is 15.1 Å². The lowest BCUT2D eigenvalue weighted by atomic mass is 9.91. The smallest absolute Gasteiger partial charge is 0.421 e. The molecule has 0 aliphatic heterocycles. The van der Waals surface area contributed by atoms with Crippen LogP contribution < -0.4 is 4.84 Å². The van der Waals surface area contributed by atoms with Crippen molar-refractivity contribution in [3.8, 4) is 0 Å². The molecule has 1 unspecified atom stereocenters. The summed E-state index contributed by atoms with van der Waals surface area (Å²) in [5, 5.41) is 9.74. The van der Waals surface area contributed by atoms with E-state index in [1.165, 1.54) is 6.07 Å². The minimum Gasteiger partial charge on any atom is -0.466 e. The summed E-state index contributed by atoms with van der Waals surface area (Å²) < 4.78 is 43.7. The number of hydrogen-bond acceptors (Lipinski definition) is 4. The number of rotatable bonds is 6. The maximum Gasteiger partial charge on any atom is 0.421 e. The molecule has 0 amide bonds. The lowest BCUT2D eigenvalue weighted by Crippen LogP contribution is -2.39. The quantitative estimate of drug-likeness (QED) is 0.587. The van der Waals surface area contributed by atoms with Gasteiger partial charge in [0.25, 0.3) is 0 Å². The first-order chi connectivity index (χ1) is 10.5. The van der Waals surface area contributed by atoms with Crippen LogP contribution in [0.1, 0.15) is 37.4 Å². The van der Waals surface area contributed by atoms with E-state index in [0.29, 0.717) is 6.92 Å². The van der Waals surface area contributed by atoms with Gasteiger partial charge in [-0.1, -0.05) is 17.7 Å². The summed E-state index contributed by atoms with van der Waals surface area (Å²) in [6.07, 6.45) is -5.09. The molecule has 0 radical (unpaired) electrons. The normalized spacial score (nSPS) is 15.8. The Kier molecular flexibility index (Phi) is 6.70. The van der Waals surface area contributed by atoms with Crippen molar-refractivity contribution < 1.29 is 27.8 Å². The Morgan fingerprint density at radius 2 is 2.00 bits per heavy atom. The van der Waals surface area contributed by atoms with E-state index in [0.717, 1.165) is 12.1 Å². The van der Waals surface area contributed by atoms with Gasteiger partial charge in [-0.25, -0.2) is 4.84 Å². The number of ether oxygens (including phenoxy) is 1. The molecule has 23 heavy (non-hydrogen) atoms. The maximum absolute atomic E-state index is 13.0. The van der Waals surface area contributed by atoms with Crippen LogP contribution in [0, 0.1) is 0 Å². The summed E-state index contributed by atoms with van der Waals surface area (Å²) in [4.78, 5) is 13.8. The number of aliphatic hydroxyl groups is 1. The van der Waals surface area contributed by atoms with Gasteiger partial charge >= 0.3 is 12.1 Å². The second kappa shape index (κ2) is 7.70. The number of carbonyl (C=O) groups excluding carboxylic acids is 1. The third-order valence-corrected chi connectivity index (χ3v) is 3.73. The fraction of sp³-hybridized carbons (Fsp3) is 0.500. The van der Waals surface area contributed by atoms with Crippen LogP contribution in [0.15, 0.2) is 18.2 Å². The average Bonchev–Trinajstić information content (AvgIpc) is 2.43. The third-order valence-electron chi connectivity index (χ3n) is 3.24. The van der Waals surface area contributed by atoms with E-state index in [4.69, 9.17) is 28.1 Å². The van der Waals surface area contributed by atoms with Crippen molar-refractivity contribution in [3.63, 3.8) is 0 Å². The van der Waals surface area contributed by atoms with Crippen LogP contribution in [0.3, 0.4) is 0 Å². The Morgan fingerprint density at radius 1 is 1.39 bits per heavy atom. The Labute approximate surface area is 141 Å². The van der Waals surface area contributed by atoms with Gasteiger partial charge in [0.05, 0.1) is 19.1 Å². The van der Waals surface area contributed by atoms with Crippen LogP contribution in [0.5, 0.6) is 0 Å². The maximum atomic E-state index is 13.0. The summed E-state index contributed by atoms with van der Waals surface area (Å²) in [7, 11) is 0. The number of benzene rings is 1. The molecule has 0 aliphatic rings. The molecule has 1 aromatic carbocycles. The number of esters is 1. The molecule has 0 aromatic heterocycles. The predicted octanol–water partition coefficient (Wildman–Crippen LogP) is 3.85. The molecule has 0 spiro atoms. The van der Waals surface area contributed by atoms with Gasteiger partial charge in [0.1, 0.15) is 0 Å². The van der Waals surface area contributed by atoms with Gasteiger partial charge in [-0.2, -0.15) is 13.2 Å². The van der Waals surface area contributed by atoms with Crippen molar-refractivity contribution in [2.24, 2.45) is 0 Å². The molecule has 1 rings (SSSR count). The van der Waals surface area contributed by atoms with Gasteiger partial charge in [0.15, 0.2) is 5.60 Å². The van der Waals surface area contributed by atoms with E-state index in [-0.39, 0.29) is 23.6 Å². The molecule has 2 atom stereocenters. The highest BCUT2D eigenvalue weighted by Gasteiger charge is 2.51. The van der Waals surface area contributed by atoms with Crippen LogP contribution in [0.4, 0.5) is 13.2 Å². The molecule has 0 heterocycles. The van der Waals surface area contributed by atoms with Crippen LogP contribution in [0.2, 0.25) is 5.02 Å². The minimum absolute atomic E-state index is 0.0252. The van der Waals surface area contributed by atoms with Crippen molar-refractivity contribution in [2.45, 2.75) is 38.1 Å². The molecule has 4 nitrogen and oxygen atoms in total. The van der Waals surface area contributed by atoms with Crippen LogP contribution >= 0.6 is 23.4 Å². The molecule has 0 saturated heterocycles. The van der Waals surface area contributed by atoms with E-state index >= 15 is 0 Å². The van der Waals surface area contributed by atoms with Crippen molar-refractivity contribution in [2.75, 3.05) is 6.61 Å². The molecule has 0 fully saturated rings. The second-order valence-electron chi connectivity index (χ2n) is 5.01. The SMILES string of the molecule is CCOC(=O)C[C@H](NCl)c1cc(Cl)cc(C(C)(O)C(F)(F)F)c1. The fourth-order valence-corrected chi connectivity index (χ4v) is 2.31. The van der Waals surface area contributed by atoms with Gasteiger partial charge in [0.2, 0.25) is 0 Å². The number of alkyl halides is 3. The second-order valence-corrected chi connectivity index (χ2v) is 5.67. The Hall–Kier alpha value is -1.02. The van der Waals surface area contributed by atoms with Gasteiger partial charge in [-0.3, -0.25) is 4.79 Å². The zero-order valence-corrected chi connectivity index (χ0v) is 13.9. The van der Waals surface area contributed by atoms with Crippen LogP contribution in [0.25, 0.3) is 0 Å². The molecular weight excluding hydrogens is 358 g/mol. The highest BCUT2D eigenvalue weighted by atomic mass is 35.5. The largest absolute Gasteiger partial charge is 0.466 e. The highest BCUT2D eigenvalue weighted by Crippen LogP contribution is 2.40. The number of nitrogens with one attached hydrogen (secondary N) is 1. The van der Waals surface area contributed by atoms with E-state index in [1.54, 1.807) is 6.92 Å². The summed E-state index contributed by atoms with van der Waals surface area (Å²) in [6, 6.07) is 2.64. The lowest BCUT2D eigenvalue weighted by molar-refractivity contribution is -0.258. The van der Waals surface area contributed by atoms with E-state index in [9.17, 15) is 23.1 Å². The summed E-state index contributed by atoms with van der Waals surface area (Å²) >= 11 is 11.4. The van der Waals surface area contributed by atoms with E-state index in [2.05, 4.69) is 4.84 Å². The van der Waals surface area contributed by atoms with Crippen molar-refractivity contribution in [3.05, 3.63) is 34.3 Å². The number of carbonyl (C=O) groups is 1. The van der Waals surface area contributed by atoms with E-state index in [1.807, 2.05) is 0 Å². The van der Waals surface area contributed by atoms with Gasteiger partial charge in [0, 0.05) is 5.02 Å². The molecular formula is C14H16Cl2F3NO3. The monoisotopic (exact) mass is 373 g/mol. The zero-order chi connectivity index (χ0) is 17.8.